The largest absolute Gasteiger partial charge is 0.461 e. The van der Waals surface area contributed by atoms with Gasteiger partial charge in [-0.1, -0.05) is 36.4 Å². The summed E-state index contributed by atoms with van der Waals surface area (Å²) in [6, 6.07) is 21.9. The summed E-state index contributed by atoms with van der Waals surface area (Å²) in [6.07, 6.45) is -0.474. The highest BCUT2D eigenvalue weighted by atomic mass is 16.5. The second-order valence-corrected chi connectivity index (χ2v) is 6.45. The molecule has 6 nitrogen and oxygen atoms in total. The first-order chi connectivity index (χ1) is 14.0. The lowest BCUT2D eigenvalue weighted by molar-refractivity contribution is -0.153. The third-order valence-corrected chi connectivity index (χ3v) is 4.23. The summed E-state index contributed by atoms with van der Waals surface area (Å²) in [7, 11) is 0. The molecule has 0 fully saturated rings. The van der Waals surface area contributed by atoms with Gasteiger partial charge in [0.05, 0.1) is 18.1 Å². The highest BCUT2D eigenvalue weighted by Crippen LogP contribution is 2.22. The van der Waals surface area contributed by atoms with Gasteiger partial charge in [0.15, 0.2) is 6.10 Å². The molecule has 1 atom stereocenters. The second-order valence-electron chi connectivity index (χ2n) is 6.45. The number of amides is 1. The number of carbonyl (C=O) groups excluding carboxylic acids is 2. The normalized spacial score (nSPS) is 11.3. The Kier molecular flexibility index (Phi) is 6.43. The van der Waals surface area contributed by atoms with E-state index in [-0.39, 0.29) is 6.42 Å². The van der Waals surface area contributed by atoms with Gasteiger partial charge in [0.2, 0.25) is 0 Å². The Hall–Kier alpha value is -3.85. The van der Waals surface area contributed by atoms with Gasteiger partial charge in [0, 0.05) is 17.7 Å². The molecule has 0 radical (unpaired) electrons. The van der Waals surface area contributed by atoms with Crippen LogP contribution >= 0.6 is 0 Å². The van der Waals surface area contributed by atoms with Crippen molar-refractivity contribution in [1.82, 2.24) is 0 Å². The number of anilines is 1. The fourth-order valence-corrected chi connectivity index (χ4v) is 2.72. The van der Waals surface area contributed by atoms with E-state index in [9.17, 15) is 9.59 Å². The number of benzene rings is 2. The Bertz CT molecular complexity index is 1030. The van der Waals surface area contributed by atoms with Gasteiger partial charge < -0.3 is 14.5 Å². The first-order valence-corrected chi connectivity index (χ1v) is 9.20. The van der Waals surface area contributed by atoms with Crippen LogP contribution in [-0.4, -0.2) is 18.0 Å². The minimum absolute atomic E-state index is 0.100. The zero-order valence-electron chi connectivity index (χ0n) is 15.9. The fraction of sp³-hybridized carbons (Fsp3) is 0.174. The molecule has 1 aromatic heterocycles. The molecular weight excluding hydrogens is 368 g/mol. The molecule has 29 heavy (non-hydrogen) atoms. The number of hydrogen-bond acceptors (Lipinski definition) is 5. The van der Waals surface area contributed by atoms with Gasteiger partial charge in [0.1, 0.15) is 11.5 Å². The average molecular weight is 388 g/mol. The van der Waals surface area contributed by atoms with Crippen LogP contribution in [0.3, 0.4) is 0 Å². The molecule has 0 spiro atoms. The van der Waals surface area contributed by atoms with E-state index in [1.807, 2.05) is 48.5 Å². The molecule has 2 aromatic carbocycles. The van der Waals surface area contributed by atoms with Crippen LogP contribution in [0.5, 0.6) is 0 Å². The number of furan rings is 1. The van der Waals surface area contributed by atoms with Crippen LogP contribution in [0.25, 0.3) is 11.3 Å². The highest BCUT2D eigenvalue weighted by Gasteiger charge is 2.18. The zero-order chi connectivity index (χ0) is 20.6. The maximum Gasteiger partial charge on any atom is 0.307 e. The SMILES string of the molecule is CC(OC(=O)CCc1ccc(-c2ccccc2)o1)C(=O)Nc1cccc(C#N)c1. The molecule has 6 heteroatoms. The zero-order valence-corrected chi connectivity index (χ0v) is 15.9. The summed E-state index contributed by atoms with van der Waals surface area (Å²) in [6.45, 7) is 1.50. The summed E-state index contributed by atoms with van der Waals surface area (Å²) in [5.74, 6) is 0.460. The van der Waals surface area contributed by atoms with E-state index in [2.05, 4.69) is 5.32 Å². The molecule has 0 bridgehead atoms. The molecule has 1 amide bonds. The number of nitrogens with zero attached hydrogens (tertiary/aromatic N) is 1. The van der Waals surface area contributed by atoms with E-state index in [0.29, 0.717) is 23.4 Å². The van der Waals surface area contributed by atoms with Gasteiger partial charge >= 0.3 is 5.97 Å². The van der Waals surface area contributed by atoms with Crippen molar-refractivity contribution in [2.24, 2.45) is 0 Å². The first-order valence-electron chi connectivity index (χ1n) is 9.20. The molecule has 3 aromatic rings. The van der Waals surface area contributed by atoms with Crippen molar-refractivity contribution >= 4 is 17.6 Å². The molecule has 1 unspecified atom stereocenters. The van der Waals surface area contributed by atoms with E-state index in [1.165, 1.54) is 6.92 Å². The molecule has 3 rings (SSSR count). The predicted octanol–water partition coefficient (Wildman–Crippen LogP) is 4.32. The number of nitrogens with one attached hydrogen (secondary N) is 1. The van der Waals surface area contributed by atoms with E-state index < -0.39 is 18.0 Å². The number of hydrogen-bond donors (Lipinski definition) is 1. The average Bonchev–Trinajstić information content (AvgIpc) is 3.22. The van der Waals surface area contributed by atoms with E-state index in [4.69, 9.17) is 14.4 Å². The minimum atomic E-state index is -0.954. The molecule has 0 aliphatic heterocycles. The van der Waals surface area contributed by atoms with Gasteiger partial charge in [-0.15, -0.1) is 0 Å². The van der Waals surface area contributed by atoms with Crippen LogP contribution in [0.1, 0.15) is 24.7 Å². The number of rotatable bonds is 7. The summed E-state index contributed by atoms with van der Waals surface area (Å²) >= 11 is 0. The van der Waals surface area contributed by atoms with E-state index in [1.54, 1.807) is 24.3 Å². The maximum absolute atomic E-state index is 12.2. The van der Waals surface area contributed by atoms with Crippen LogP contribution in [-0.2, 0) is 20.7 Å². The van der Waals surface area contributed by atoms with Crippen molar-refractivity contribution in [1.29, 1.82) is 5.26 Å². The van der Waals surface area contributed by atoms with Crippen LogP contribution < -0.4 is 5.32 Å². The molecule has 1 heterocycles. The highest BCUT2D eigenvalue weighted by molar-refractivity contribution is 5.95. The minimum Gasteiger partial charge on any atom is -0.461 e. The maximum atomic E-state index is 12.2. The Morgan fingerprint density at radius 3 is 2.66 bits per heavy atom. The molecule has 0 aliphatic carbocycles. The van der Waals surface area contributed by atoms with Crippen LogP contribution in [0.2, 0.25) is 0 Å². The van der Waals surface area contributed by atoms with Crippen molar-refractivity contribution in [3.8, 4) is 17.4 Å². The Balaban J connectivity index is 1.48. The summed E-state index contributed by atoms with van der Waals surface area (Å²) in [5, 5.41) is 11.5. The molecule has 146 valence electrons. The summed E-state index contributed by atoms with van der Waals surface area (Å²) in [4.78, 5) is 24.3. The van der Waals surface area contributed by atoms with Gasteiger partial charge in [-0.05, 0) is 37.3 Å². The number of esters is 1. The van der Waals surface area contributed by atoms with Gasteiger partial charge in [-0.2, -0.15) is 5.26 Å². The topological polar surface area (TPSA) is 92.3 Å². The third kappa shape index (κ3) is 5.56. The summed E-state index contributed by atoms with van der Waals surface area (Å²) in [5.41, 5.74) is 1.87. The molecule has 0 saturated carbocycles. The lowest BCUT2D eigenvalue weighted by atomic mass is 10.2. The van der Waals surface area contributed by atoms with Gasteiger partial charge in [-0.25, -0.2) is 0 Å². The van der Waals surface area contributed by atoms with Crippen LogP contribution in [0.4, 0.5) is 5.69 Å². The van der Waals surface area contributed by atoms with Crippen LogP contribution in [0, 0.1) is 11.3 Å². The molecule has 0 aliphatic rings. The van der Waals surface area contributed by atoms with Crippen molar-refractivity contribution in [3.63, 3.8) is 0 Å². The van der Waals surface area contributed by atoms with Crippen molar-refractivity contribution in [2.45, 2.75) is 25.9 Å². The monoisotopic (exact) mass is 388 g/mol. The summed E-state index contributed by atoms with van der Waals surface area (Å²) < 4.78 is 11.0. The standard InChI is InChI=1S/C23H20N2O4/c1-16(23(27)25-19-9-5-6-17(14-19)15-24)28-22(26)13-11-20-10-12-21(29-20)18-7-3-2-4-8-18/h2-10,12,14,16H,11,13H2,1H3,(H,25,27). The number of nitriles is 1. The van der Waals surface area contributed by atoms with Crippen molar-refractivity contribution in [3.05, 3.63) is 78.1 Å². The number of aryl methyl sites for hydroxylation is 1. The Morgan fingerprint density at radius 2 is 1.90 bits per heavy atom. The third-order valence-electron chi connectivity index (χ3n) is 4.23. The number of ether oxygens (including phenoxy) is 1. The second kappa shape index (κ2) is 9.38. The van der Waals surface area contributed by atoms with E-state index in [0.717, 1.165) is 11.3 Å². The quantitative estimate of drug-likeness (QED) is 0.609. The Labute approximate surface area is 168 Å². The van der Waals surface area contributed by atoms with Crippen LogP contribution in [0.15, 0.2) is 71.1 Å². The Morgan fingerprint density at radius 1 is 1.10 bits per heavy atom. The van der Waals surface area contributed by atoms with Crippen molar-refractivity contribution < 1.29 is 18.7 Å². The fourth-order valence-electron chi connectivity index (χ4n) is 2.72. The van der Waals surface area contributed by atoms with E-state index >= 15 is 0 Å². The van der Waals surface area contributed by atoms with Gasteiger partial charge in [-0.3, -0.25) is 9.59 Å². The predicted molar refractivity (Wildman–Crippen MR) is 108 cm³/mol. The molecule has 1 N–H and O–H groups in total. The van der Waals surface area contributed by atoms with Crippen molar-refractivity contribution in [2.75, 3.05) is 5.32 Å². The number of carbonyl (C=O) groups is 2. The molecular formula is C23H20N2O4. The molecule has 0 saturated heterocycles. The lowest BCUT2D eigenvalue weighted by Gasteiger charge is -2.13. The first kappa shape index (κ1) is 19.9. The van der Waals surface area contributed by atoms with Gasteiger partial charge in [0.25, 0.3) is 5.91 Å². The smallest absolute Gasteiger partial charge is 0.307 e. The lowest BCUT2D eigenvalue weighted by Crippen LogP contribution is -2.30.